The molecular weight excluding hydrogens is 415 g/mol. The number of hydrogen-bond acceptors (Lipinski definition) is 7. The molecule has 0 aromatic rings. The zero-order valence-corrected chi connectivity index (χ0v) is 20.4. The summed E-state index contributed by atoms with van der Waals surface area (Å²) < 4.78 is 37.5. The van der Waals surface area contributed by atoms with Gasteiger partial charge in [-0.2, -0.15) is 0 Å². The molecule has 0 amide bonds. The van der Waals surface area contributed by atoms with Crippen LogP contribution in [0.4, 0.5) is 0 Å². The second kappa shape index (κ2) is 16.6. The summed E-state index contributed by atoms with van der Waals surface area (Å²) in [6, 6.07) is 0. The topological polar surface area (TPSA) is 144 Å². The van der Waals surface area contributed by atoms with E-state index in [0.717, 1.165) is 0 Å². The van der Waals surface area contributed by atoms with Gasteiger partial charge in [-0.1, -0.05) is 32.4 Å². The van der Waals surface area contributed by atoms with Crippen molar-refractivity contribution < 1.29 is 71.5 Å². The second-order valence-corrected chi connectivity index (χ2v) is 7.71. The van der Waals surface area contributed by atoms with Gasteiger partial charge in [0.25, 0.3) is 0 Å². The Bertz CT molecular complexity index is 639. The van der Waals surface area contributed by atoms with E-state index in [4.69, 9.17) is 14.0 Å². The summed E-state index contributed by atoms with van der Waals surface area (Å²) in [4.78, 5) is 34.2. The van der Waals surface area contributed by atoms with E-state index in [2.05, 4.69) is 6.92 Å². The molecule has 9 nitrogen and oxygen atoms in total. The van der Waals surface area contributed by atoms with Crippen LogP contribution in [0.15, 0.2) is 24.3 Å². The number of ether oxygens (including phenoxy) is 2. The van der Waals surface area contributed by atoms with Crippen LogP contribution in [-0.2, 0) is 34.0 Å². The Kier molecular flexibility index (Phi) is 18.6. The molecule has 0 fully saturated rings. The van der Waals surface area contributed by atoms with Crippen LogP contribution >= 0.6 is 0 Å². The SMILES string of the molecule is CC=CC(=O)OCC(CCC)(COC(=O)C=CC)C(=O)O.[CH2-]C(C)S(=O)(=O)O.[Na+]. The molecular formula is C18H29NaO9S. The van der Waals surface area contributed by atoms with Gasteiger partial charge in [0, 0.05) is 12.2 Å². The summed E-state index contributed by atoms with van der Waals surface area (Å²) in [6.07, 6.45) is 6.17. The number of hydrogen-bond donors (Lipinski definition) is 2. The Hall–Kier alpha value is -1.20. The Balaban J connectivity index is -0.000000721. The van der Waals surface area contributed by atoms with Gasteiger partial charge >= 0.3 is 47.5 Å². The summed E-state index contributed by atoms with van der Waals surface area (Å²) in [6.45, 7) is 8.79. The molecule has 0 aliphatic heterocycles. The molecule has 29 heavy (non-hydrogen) atoms. The van der Waals surface area contributed by atoms with Gasteiger partial charge < -0.3 is 21.5 Å². The molecule has 1 atom stereocenters. The van der Waals surface area contributed by atoms with Crippen molar-refractivity contribution in [1.29, 1.82) is 0 Å². The molecule has 0 aliphatic carbocycles. The van der Waals surface area contributed by atoms with Gasteiger partial charge in [0.1, 0.15) is 18.6 Å². The van der Waals surface area contributed by atoms with Crippen molar-refractivity contribution in [3.63, 3.8) is 0 Å². The number of carbonyl (C=O) groups excluding carboxylic acids is 2. The molecule has 0 aromatic carbocycles. The van der Waals surface area contributed by atoms with Crippen LogP contribution in [0.3, 0.4) is 0 Å². The number of rotatable bonds is 10. The first kappa shape index (κ1) is 32.5. The summed E-state index contributed by atoms with van der Waals surface area (Å²) >= 11 is 0. The summed E-state index contributed by atoms with van der Waals surface area (Å²) in [7, 11) is -3.85. The van der Waals surface area contributed by atoms with Crippen molar-refractivity contribution in [2.24, 2.45) is 5.41 Å². The first-order valence-corrected chi connectivity index (χ1v) is 9.98. The monoisotopic (exact) mass is 444 g/mol. The van der Waals surface area contributed by atoms with Crippen LogP contribution in [0.5, 0.6) is 0 Å². The van der Waals surface area contributed by atoms with Crippen molar-refractivity contribution in [1.82, 2.24) is 0 Å². The largest absolute Gasteiger partial charge is 1.00 e. The summed E-state index contributed by atoms with van der Waals surface area (Å²) in [5.74, 6) is -2.41. The van der Waals surface area contributed by atoms with E-state index in [-0.39, 0.29) is 49.2 Å². The second-order valence-electron chi connectivity index (χ2n) is 5.88. The maximum atomic E-state index is 11.5. The molecule has 0 saturated heterocycles. The average molecular weight is 444 g/mol. The molecule has 1 unspecified atom stereocenters. The van der Waals surface area contributed by atoms with Crippen molar-refractivity contribution in [2.45, 2.75) is 45.8 Å². The molecule has 162 valence electrons. The van der Waals surface area contributed by atoms with Crippen molar-refractivity contribution in [3.05, 3.63) is 31.2 Å². The van der Waals surface area contributed by atoms with Crippen LogP contribution in [0.25, 0.3) is 0 Å². The molecule has 2 N–H and O–H groups in total. The Morgan fingerprint density at radius 1 is 1.07 bits per heavy atom. The molecule has 0 heterocycles. The Labute approximate surface area is 194 Å². The number of allylic oxidation sites excluding steroid dienone is 2. The molecule has 0 bridgehead atoms. The molecule has 0 rings (SSSR count). The van der Waals surface area contributed by atoms with E-state index in [9.17, 15) is 27.9 Å². The fraction of sp³-hybridized carbons (Fsp3) is 0.556. The molecule has 0 spiro atoms. The van der Waals surface area contributed by atoms with Crippen molar-refractivity contribution in [2.75, 3.05) is 13.2 Å². The number of carboxylic acids is 1. The van der Waals surface area contributed by atoms with E-state index in [1.165, 1.54) is 31.2 Å². The van der Waals surface area contributed by atoms with Crippen LogP contribution in [0.2, 0.25) is 0 Å². The molecule has 0 radical (unpaired) electrons. The molecule has 0 aliphatic rings. The van der Waals surface area contributed by atoms with Crippen LogP contribution < -0.4 is 29.6 Å². The van der Waals surface area contributed by atoms with Gasteiger partial charge in [0.15, 0.2) is 0 Å². The minimum Gasteiger partial charge on any atom is -0.481 e. The number of aliphatic carboxylic acids is 1. The van der Waals surface area contributed by atoms with E-state index in [1.807, 2.05) is 0 Å². The number of esters is 2. The minimum atomic E-state index is -3.85. The maximum Gasteiger partial charge on any atom is 1.00 e. The van der Waals surface area contributed by atoms with Crippen LogP contribution in [-0.4, -0.2) is 54.4 Å². The van der Waals surface area contributed by atoms with Crippen molar-refractivity contribution in [3.8, 4) is 0 Å². The fourth-order valence-electron chi connectivity index (χ4n) is 1.68. The normalized spacial score (nSPS) is 14.1. The van der Waals surface area contributed by atoms with Crippen LogP contribution in [0, 0.1) is 12.3 Å². The van der Waals surface area contributed by atoms with Crippen molar-refractivity contribution >= 4 is 28.0 Å². The van der Waals surface area contributed by atoms with E-state index < -0.39 is 38.7 Å². The third-order valence-electron chi connectivity index (χ3n) is 3.28. The van der Waals surface area contributed by atoms with Gasteiger partial charge in [-0.15, -0.1) is 0 Å². The third kappa shape index (κ3) is 15.3. The number of carboxylic acid groups (broad SMARTS) is 1. The predicted octanol–water partition coefficient (Wildman–Crippen LogP) is -0.803. The average Bonchev–Trinajstić information content (AvgIpc) is 2.57. The molecule has 11 heteroatoms. The minimum absolute atomic E-state index is 0. The zero-order chi connectivity index (χ0) is 22.4. The summed E-state index contributed by atoms with van der Waals surface area (Å²) in [5.41, 5.74) is -1.43. The third-order valence-corrected chi connectivity index (χ3v) is 4.29. The first-order chi connectivity index (χ1) is 12.9. The van der Waals surface area contributed by atoms with E-state index in [1.54, 1.807) is 20.8 Å². The Morgan fingerprint density at radius 2 is 1.41 bits per heavy atom. The zero-order valence-electron chi connectivity index (χ0n) is 17.6. The molecule has 0 saturated carbocycles. The maximum absolute atomic E-state index is 11.5. The molecule has 0 aromatic heterocycles. The van der Waals surface area contributed by atoms with Gasteiger partial charge in [-0.05, 0) is 25.5 Å². The van der Waals surface area contributed by atoms with Gasteiger partial charge in [0.05, 0.1) is 0 Å². The van der Waals surface area contributed by atoms with E-state index in [0.29, 0.717) is 6.42 Å². The van der Waals surface area contributed by atoms with Gasteiger partial charge in [-0.25, -0.2) is 18.0 Å². The van der Waals surface area contributed by atoms with Gasteiger partial charge in [-0.3, -0.25) is 9.35 Å². The smallest absolute Gasteiger partial charge is 0.481 e. The standard InChI is InChI=1S/C15H22O6.C3H7O3S.Na/c1-4-7-12(16)20-10-15(9-6-3,14(18)19)11-21-13(17)8-5-2;1-3(2)7(4,5)6;/h4-5,7-8H,6,9-11H2,1-3H3,(H,18,19);3H,1H2,2H3,(H,4,5,6);/q;-1;+1. The van der Waals surface area contributed by atoms with Gasteiger partial charge in [0.2, 0.25) is 10.1 Å². The predicted molar refractivity (Wildman–Crippen MR) is 103 cm³/mol. The van der Waals surface area contributed by atoms with E-state index >= 15 is 0 Å². The fourth-order valence-corrected chi connectivity index (χ4v) is 1.68. The summed E-state index contributed by atoms with van der Waals surface area (Å²) in [5, 5.41) is 8.50. The first-order valence-electron chi connectivity index (χ1n) is 8.48. The quantitative estimate of drug-likeness (QED) is 0.145. The number of carbonyl (C=O) groups is 3. The Morgan fingerprint density at radius 3 is 1.62 bits per heavy atom. The van der Waals surface area contributed by atoms with Crippen LogP contribution in [0.1, 0.15) is 40.5 Å².